The van der Waals surface area contributed by atoms with Crippen LogP contribution in [0.4, 0.5) is 0 Å². The van der Waals surface area contributed by atoms with E-state index in [1.807, 2.05) is 46.4 Å². The van der Waals surface area contributed by atoms with Crippen LogP contribution in [-0.2, 0) is 28.3 Å². The third kappa shape index (κ3) is 6.66. The number of allylic oxidation sites excluding steroid dienone is 4. The van der Waals surface area contributed by atoms with E-state index < -0.39 is 0 Å². The second kappa shape index (κ2) is 13.6. The largest absolute Gasteiger partial charge is 0.392 e. The molecule has 0 heterocycles. The van der Waals surface area contributed by atoms with Gasteiger partial charge in [-0.25, -0.2) is 0 Å². The van der Waals surface area contributed by atoms with Crippen LogP contribution in [0.1, 0.15) is 38.8 Å². The SMILES string of the molecule is CC1=C(C)C(C)C(c2ccccc2CO)=C1C.CNC.CNC.[Ti]. The van der Waals surface area contributed by atoms with Crippen LogP contribution in [0.25, 0.3) is 5.57 Å². The molecule has 0 radical (unpaired) electrons. The van der Waals surface area contributed by atoms with Crippen molar-refractivity contribution in [2.24, 2.45) is 5.92 Å². The number of nitrogens with one attached hydrogen (secondary N) is 2. The summed E-state index contributed by atoms with van der Waals surface area (Å²) in [5, 5.41) is 14.9. The number of rotatable bonds is 2. The molecule has 1 aromatic carbocycles. The molecule has 0 bridgehead atoms. The van der Waals surface area contributed by atoms with Gasteiger partial charge in [0.05, 0.1) is 6.61 Å². The van der Waals surface area contributed by atoms with Crippen LogP contribution in [0.2, 0.25) is 0 Å². The molecule has 0 fully saturated rings. The molecule has 2 rings (SSSR count). The Hall–Kier alpha value is -0.706. The first kappa shape index (κ1) is 25.5. The molecule has 1 aromatic rings. The molecule has 0 saturated heterocycles. The smallest absolute Gasteiger partial charge is 0.0687 e. The van der Waals surface area contributed by atoms with Gasteiger partial charge < -0.3 is 15.7 Å². The Kier molecular flexibility index (Phi) is 14.4. The molecule has 0 spiro atoms. The van der Waals surface area contributed by atoms with Gasteiger partial charge in [0, 0.05) is 27.6 Å². The number of benzene rings is 1. The van der Waals surface area contributed by atoms with Gasteiger partial charge in [-0.1, -0.05) is 36.8 Å². The minimum absolute atomic E-state index is 0. The van der Waals surface area contributed by atoms with E-state index in [-0.39, 0.29) is 28.3 Å². The maximum atomic E-state index is 9.45. The number of aliphatic hydroxyl groups is 1. The zero-order valence-electron chi connectivity index (χ0n) is 16.5. The Morgan fingerprint density at radius 2 is 1.38 bits per heavy atom. The quantitative estimate of drug-likeness (QED) is 0.701. The maximum absolute atomic E-state index is 9.45. The van der Waals surface area contributed by atoms with Gasteiger partial charge in [0.15, 0.2) is 0 Å². The molecule has 1 unspecified atom stereocenters. The predicted octanol–water partition coefficient (Wildman–Crippen LogP) is 3.61. The van der Waals surface area contributed by atoms with Crippen molar-refractivity contribution in [2.45, 2.75) is 34.3 Å². The van der Waals surface area contributed by atoms with Crippen molar-refractivity contribution in [2.75, 3.05) is 28.2 Å². The Morgan fingerprint density at radius 1 is 0.917 bits per heavy atom. The van der Waals surface area contributed by atoms with Gasteiger partial charge in [0.2, 0.25) is 0 Å². The molecule has 0 aromatic heterocycles. The number of aliphatic hydroxyl groups excluding tert-OH is 1. The van der Waals surface area contributed by atoms with Crippen LogP contribution in [-0.4, -0.2) is 33.3 Å². The second-order valence-corrected chi connectivity index (χ2v) is 5.88. The van der Waals surface area contributed by atoms with Crippen LogP contribution in [0.5, 0.6) is 0 Å². The van der Waals surface area contributed by atoms with Crippen LogP contribution in [0.3, 0.4) is 0 Å². The zero-order chi connectivity index (χ0) is 18.0. The number of hydrogen-bond donors (Lipinski definition) is 3. The van der Waals surface area contributed by atoms with Gasteiger partial charge in [0.25, 0.3) is 0 Å². The van der Waals surface area contributed by atoms with E-state index in [0.717, 1.165) is 5.56 Å². The Balaban J connectivity index is 0. The van der Waals surface area contributed by atoms with E-state index >= 15 is 0 Å². The summed E-state index contributed by atoms with van der Waals surface area (Å²) in [5.74, 6) is 0.461. The van der Waals surface area contributed by atoms with Gasteiger partial charge in [-0.05, 0) is 76.8 Å². The van der Waals surface area contributed by atoms with Crippen LogP contribution in [0.15, 0.2) is 41.0 Å². The van der Waals surface area contributed by atoms with Gasteiger partial charge in [0.1, 0.15) is 0 Å². The average Bonchev–Trinajstić information content (AvgIpc) is 2.73. The Morgan fingerprint density at radius 3 is 1.75 bits per heavy atom. The minimum atomic E-state index is 0. The Labute approximate surface area is 163 Å². The molecule has 0 amide bonds. The fourth-order valence-electron chi connectivity index (χ4n) is 2.72. The van der Waals surface area contributed by atoms with Crippen LogP contribution < -0.4 is 10.6 Å². The van der Waals surface area contributed by atoms with Crippen molar-refractivity contribution in [1.82, 2.24) is 10.6 Å². The fraction of sp³-hybridized carbons (Fsp3) is 0.500. The normalized spacial score (nSPS) is 16.0. The van der Waals surface area contributed by atoms with Gasteiger partial charge in [-0.3, -0.25) is 0 Å². The summed E-state index contributed by atoms with van der Waals surface area (Å²) in [6, 6.07) is 8.15. The van der Waals surface area contributed by atoms with Crippen LogP contribution in [0, 0.1) is 5.92 Å². The molecule has 1 atom stereocenters. The monoisotopic (exact) mass is 366 g/mol. The van der Waals surface area contributed by atoms with Gasteiger partial charge in [-0.15, -0.1) is 0 Å². The molecule has 4 heteroatoms. The zero-order valence-corrected chi connectivity index (χ0v) is 18.1. The summed E-state index contributed by atoms with van der Waals surface area (Å²) in [5.41, 5.74) is 7.83. The van der Waals surface area contributed by atoms with E-state index in [9.17, 15) is 5.11 Å². The van der Waals surface area contributed by atoms with Gasteiger partial charge >= 0.3 is 0 Å². The van der Waals surface area contributed by atoms with Crippen molar-refractivity contribution >= 4 is 5.57 Å². The summed E-state index contributed by atoms with van der Waals surface area (Å²) >= 11 is 0. The van der Waals surface area contributed by atoms with E-state index in [1.165, 1.54) is 27.9 Å². The molecule has 3 nitrogen and oxygen atoms in total. The summed E-state index contributed by atoms with van der Waals surface area (Å²) in [7, 11) is 7.50. The first-order valence-electron chi connectivity index (χ1n) is 8.15. The van der Waals surface area contributed by atoms with Crippen molar-refractivity contribution in [3.8, 4) is 0 Å². The summed E-state index contributed by atoms with van der Waals surface area (Å²) in [4.78, 5) is 0. The molecular formula is C20H34N2OTi. The predicted molar refractivity (Wildman–Crippen MR) is 102 cm³/mol. The van der Waals surface area contributed by atoms with E-state index in [1.54, 1.807) is 0 Å². The first-order valence-corrected chi connectivity index (χ1v) is 8.15. The molecule has 1 aliphatic carbocycles. The van der Waals surface area contributed by atoms with Crippen LogP contribution >= 0.6 is 0 Å². The molecule has 3 N–H and O–H groups in total. The van der Waals surface area contributed by atoms with Crippen molar-refractivity contribution < 1.29 is 26.8 Å². The maximum Gasteiger partial charge on any atom is 0.0687 e. The van der Waals surface area contributed by atoms with Crippen molar-refractivity contribution in [3.05, 3.63) is 52.1 Å². The third-order valence-corrected chi connectivity index (χ3v) is 4.12. The third-order valence-electron chi connectivity index (χ3n) is 4.12. The summed E-state index contributed by atoms with van der Waals surface area (Å²) in [6.45, 7) is 8.94. The number of hydrogen-bond acceptors (Lipinski definition) is 3. The Bertz CT molecular complexity index is 548. The van der Waals surface area contributed by atoms with Crippen molar-refractivity contribution in [1.29, 1.82) is 0 Å². The first-order chi connectivity index (χ1) is 10.9. The topological polar surface area (TPSA) is 44.3 Å². The molecule has 0 saturated carbocycles. The average molecular weight is 366 g/mol. The molecule has 24 heavy (non-hydrogen) atoms. The fourth-order valence-corrected chi connectivity index (χ4v) is 2.72. The van der Waals surface area contributed by atoms with Crippen molar-refractivity contribution in [3.63, 3.8) is 0 Å². The van der Waals surface area contributed by atoms with E-state index in [4.69, 9.17) is 0 Å². The molecule has 0 aliphatic heterocycles. The molecule has 1 aliphatic rings. The summed E-state index contributed by atoms with van der Waals surface area (Å²) < 4.78 is 0. The van der Waals surface area contributed by atoms with E-state index in [0.29, 0.717) is 5.92 Å². The molecule has 134 valence electrons. The van der Waals surface area contributed by atoms with E-state index in [2.05, 4.69) is 44.4 Å². The summed E-state index contributed by atoms with van der Waals surface area (Å²) in [6.07, 6.45) is 0. The standard InChI is InChI=1S/C16H20O.2C2H7N.Ti/c1-10-11(2)13(4)16(12(10)3)15-8-6-5-7-14(15)9-17;2*1-3-2;/h5-8,12,17H,9H2,1-4H3;2*3H,1-2H3;. The minimum Gasteiger partial charge on any atom is -0.392 e. The van der Waals surface area contributed by atoms with Gasteiger partial charge in [-0.2, -0.15) is 0 Å². The molecular weight excluding hydrogens is 332 g/mol. The second-order valence-electron chi connectivity index (χ2n) is 5.88.